The van der Waals surface area contributed by atoms with Gasteiger partial charge in [-0.15, -0.1) is 0 Å². The standard InChI is InChI=1S/C17H23ClN2O4.Na/c1-3-4-7-12(17(23)24)11(2)10-15(21)19-20-16(22)13-8-5-6-9-14(13)18;/h5-6,8-9,11-12H,3-4,7,10H2,1-2H3,(H,19,21)(H,20,22)(H,23,24);/q;+1/p-1. The van der Waals surface area contributed by atoms with Crippen LogP contribution in [-0.4, -0.2) is 17.8 Å². The number of benzene rings is 1. The zero-order chi connectivity index (χ0) is 18.1. The van der Waals surface area contributed by atoms with Crippen molar-refractivity contribution in [3.63, 3.8) is 0 Å². The average Bonchev–Trinajstić information content (AvgIpc) is 2.53. The van der Waals surface area contributed by atoms with Crippen LogP contribution in [0.5, 0.6) is 0 Å². The molecule has 2 atom stereocenters. The second kappa shape index (κ2) is 12.3. The Hall–Kier alpha value is -1.08. The Morgan fingerprint density at radius 1 is 1.20 bits per heavy atom. The number of carbonyl (C=O) groups excluding carboxylic acids is 3. The summed E-state index contributed by atoms with van der Waals surface area (Å²) in [5, 5.41) is 11.5. The number of aliphatic carboxylic acids is 1. The van der Waals surface area contributed by atoms with Gasteiger partial charge in [-0.2, -0.15) is 0 Å². The van der Waals surface area contributed by atoms with Crippen molar-refractivity contribution in [2.45, 2.75) is 39.5 Å². The van der Waals surface area contributed by atoms with E-state index < -0.39 is 29.6 Å². The van der Waals surface area contributed by atoms with E-state index >= 15 is 0 Å². The predicted molar refractivity (Wildman–Crippen MR) is 88.9 cm³/mol. The number of halogens is 1. The molecule has 1 aromatic rings. The topological polar surface area (TPSA) is 98.3 Å². The molecule has 2 unspecified atom stereocenters. The Morgan fingerprint density at radius 3 is 2.40 bits per heavy atom. The summed E-state index contributed by atoms with van der Waals surface area (Å²) < 4.78 is 0. The summed E-state index contributed by atoms with van der Waals surface area (Å²) in [4.78, 5) is 35.0. The van der Waals surface area contributed by atoms with E-state index in [0.717, 1.165) is 12.8 Å². The maximum Gasteiger partial charge on any atom is 1.00 e. The van der Waals surface area contributed by atoms with Gasteiger partial charge in [-0.1, -0.05) is 50.4 Å². The van der Waals surface area contributed by atoms with Crippen molar-refractivity contribution in [2.75, 3.05) is 0 Å². The third-order valence-electron chi connectivity index (χ3n) is 3.80. The molecular weight excluding hydrogens is 355 g/mol. The number of hydrogen-bond donors (Lipinski definition) is 2. The molecule has 2 amide bonds. The Bertz CT molecular complexity index is 598. The quantitative estimate of drug-likeness (QED) is 0.434. The van der Waals surface area contributed by atoms with E-state index in [0.29, 0.717) is 6.42 Å². The van der Waals surface area contributed by atoms with E-state index in [4.69, 9.17) is 11.6 Å². The molecule has 2 N–H and O–H groups in total. The summed E-state index contributed by atoms with van der Waals surface area (Å²) in [5.41, 5.74) is 4.79. The number of unbranched alkanes of at least 4 members (excludes halogenated alkanes) is 1. The Balaban J connectivity index is 0.00000576. The first-order valence-corrected chi connectivity index (χ1v) is 8.29. The fourth-order valence-electron chi connectivity index (χ4n) is 2.38. The molecule has 1 rings (SSSR count). The third-order valence-corrected chi connectivity index (χ3v) is 4.13. The summed E-state index contributed by atoms with van der Waals surface area (Å²) in [7, 11) is 0. The van der Waals surface area contributed by atoms with Crippen LogP contribution in [0.15, 0.2) is 24.3 Å². The van der Waals surface area contributed by atoms with Gasteiger partial charge in [0.15, 0.2) is 0 Å². The van der Waals surface area contributed by atoms with Gasteiger partial charge >= 0.3 is 29.6 Å². The molecule has 0 fully saturated rings. The molecule has 0 aliphatic heterocycles. The first-order chi connectivity index (χ1) is 11.4. The summed E-state index contributed by atoms with van der Waals surface area (Å²) in [6, 6.07) is 6.44. The van der Waals surface area contributed by atoms with Crippen LogP contribution in [0.1, 0.15) is 49.9 Å². The molecule has 0 saturated heterocycles. The molecular formula is C17H22ClN2NaO4. The minimum Gasteiger partial charge on any atom is -0.550 e. The van der Waals surface area contributed by atoms with E-state index in [1.807, 2.05) is 6.92 Å². The van der Waals surface area contributed by atoms with Gasteiger partial charge < -0.3 is 9.90 Å². The number of amides is 2. The SMILES string of the molecule is CCCCC(C(=O)[O-])C(C)CC(=O)NNC(=O)c1ccccc1Cl.[Na+]. The fourth-order valence-corrected chi connectivity index (χ4v) is 2.61. The van der Waals surface area contributed by atoms with Crippen LogP contribution in [0.3, 0.4) is 0 Å². The molecule has 0 aliphatic rings. The predicted octanol–water partition coefficient (Wildman–Crippen LogP) is -1.31. The van der Waals surface area contributed by atoms with Crippen molar-refractivity contribution in [1.82, 2.24) is 10.9 Å². The van der Waals surface area contributed by atoms with E-state index in [-0.39, 0.29) is 46.6 Å². The van der Waals surface area contributed by atoms with Crippen LogP contribution < -0.4 is 45.5 Å². The number of nitrogens with one attached hydrogen (secondary N) is 2. The fraction of sp³-hybridized carbons (Fsp3) is 0.471. The molecule has 0 saturated carbocycles. The smallest absolute Gasteiger partial charge is 0.550 e. The molecule has 0 aromatic heterocycles. The number of carbonyl (C=O) groups is 3. The maximum absolute atomic E-state index is 11.9. The molecule has 25 heavy (non-hydrogen) atoms. The maximum atomic E-state index is 11.9. The number of hydrazine groups is 1. The Morgan fingerprint density at radius 2 is 1.84 bits per heavy atom. The van der Waals surface area contributed by atoms with Crippen molar-refractivity contribution < 1.29 is 49.0 Å². The first-order valence-electron chi connectivity index (χ1n) is 7.91. The molecule has 0 aliphatic carbocycles. The van der Waals surface area contributed by atoms with Gasteiger partial charge in [-0.25, -0.2) is 0 Å². The van der Waals surface area contributed by atoms with Gasteiger partial charge in [0, 0.05) is 18.3 Å². The first kappa shape index (κ1) is 23.9. The van der Waals surface area contributed by atoms with Gasteiger partial charge in [-0.05, 0) is 24.5 Å². The van der Waals surface area contributed by atoms with Gasteiger partial charge in [0.05, 0.1) is 10.6 Å². The Labute approximate surface area is 175 Å². The summed E-state index contributed by atoms with van der Waals surface area (Å²) >= 11 is 5.90. The van der Waals surface area contributed by atoms with Crippen LogP contribution in [0.25, 0.3) is 0 Å². The summed E-state index contributed by atoms with van der Waals surface area (Å²) in [6.45, 7) is 3.65. The van der Waals surface area contributed by atoms with Gasteiger partial charge in [0.2, 0.25) is 5.91 Å². The van der Waals surface area contributed by atoms with Gasteiger partial charge in [-0.3, -0.25) is 20.4 Å². The van der Waals surface area contributed by atoms with Crippen LogP contribution in [0.2, 0.25) is 5.02 Å². The molecule has 0 bridgehead atoms. The molecule has 0 radical (unpaired) electrons. The van der Waals surface area contributed by atoms with E-state index in [2.05, 4.69) is 10.9 Å². The van der Waals surface area contributed by atoms with Crippen molar-refractivity contribution in [3.05, 3.63) is 34.9 Å². The van der Waals surface area contributed by atoms with E-state index in [9.17, 15) is 19.5 Å². The molecule has 0 heterocycles. The number of carboxylic acid groups (broad SMARTS) is 1. The van der Waals surface area contributed by atoms with Crippen LogP contribution in [0, 0.1) is 11.8 Å². The molecule has 0 spiro atoms. The average molecular weight is 377 g/mol. The minimum atomic E-state index is -1.15. The van der Waals surface area contributed by atoms with Crippen molar-refractivity contribution >= 4 is 29.4 Å². The number of hydrogen-bond acceptors (Lipinski definition) is 4. The second-order valence-corrected chi connectivity index (χ2v) is 6.14. The van der Waals surface area contributed by atoms with E-state index in [1.165, 1.54) is 6.07 Å². The second-order valence-electron chi connectivity index (χ2n) is 5.73. The third kappa shape index (κ3) is 8.23. The largest absolute Gasteiger partial charge is 1.00 e. The normalized spacial score (nSPS) is 12.4. The van der Waals surface area contributed by atoms with Crippen LogP contribution in [0.4, 0.5) is 0 Å². The monoisotopic (exact) mass is 376 g/mol. The van der Waals surface area contributed by atoms with Crippen molar-refractivity contribution in [1.29, 1.82) is 0 Å². The Kier molecular flexibility index (Phi) is 11.8. The van der Waals surface area contributed by atoms with Crippen molar-refractivity contribution in [2.24, 2.45) is 11.8 Å². The summed E-state index contributed by atoms with van der Waals surface area (Å²) in [6.07, 6.45) is 2.08. The van der Waals surface area contributed by atoms with Crippen molar-refractivity contribution in [3.8, 4) is 0 Å². The number of carboxylic acids is 1. The molecule has 1 aromatic carbocycles. The minimum absolute atomic E-state index is 0. The molecule has 132 valence electrons. The van der Waals surface area contributed by atoms with E-state index in [1.54, 1.807) is 25.1 Å². The van der Waals surface area contributed by atoms with Gasteiger partial charge in [0.1, 0.15) is 0 Å². The zero-order valence-electron chi connectivity index (χ0n) is 14.8. The van der Waals surface area contributed by atoms with Crippen LogP contribution >= 0.6 is 11.6 Å². The molecule has 6 nitrogen and oxygen atoms in total. The summed E-state index contributed by atoms with van der Waals surface area (Å²) in [5.74, 6) is -3.23. The molecule has 8 heteroatoms. The van der Waals surface area contributed by atoms with Crippen LogP contribution in [-0.2, 0) is 9.59 Å². The van der Waals surface area contributed by atoms with Gasteiger partial charge in [0.25, 0.3) is 5.91 Å². The number of rotatable bonds is 8. The zero-order valence-corrected chi connectivity index (χ0v) is 17.6.